The van der Waals surface area contributed by atoms with Gasteiger partial charge in [-0.05, 0) is 11.8 Å². The van der Waals surface area contributed by atoms with E-state index in [0.717, 1.165) is 6.42 Å². The first-order chi connectivity index (χ1) is 7.32. The lowest BCUT2D eigenvalue weighted by Crippen LogP contribution is -2.44. The van der Waals surface area contributed by atoms with E-state index in [1.54, 1.807) is 4.90 Å². The summed E-state index contributed by atoms with van der Waals surface area (Å²) in [5.41, 5.74) is 5.33. The Morgan fingerprint density at radius 2 is 2.12 bits per heavy atom. The highest BCUT2D eigenvalue weighted by atomic mass is 32.1. The minimum atomic E-state index is -0.634. The Bertz CT molecular complexity index is 328. The molecule has 0 aromatic heterocycles. The van der Waals surface area contributed by atoms with Gasteiger partial charge in [0, 0.05) is 13.1 Å². The molecular formula is C10H17N3O2S. The summed E-state index contributed by atoms with van der Waals surface area (Å²) < 4.78 is 0. The van der Waals surface area contributed by atoms with Crippen LogP contribution < -0.4 is 11.1 Å². The third-order valence-electron chi connectivity index (χ3n) is 2.58. The first kappa shape index (κ1) is 12.9. The highest BCUT2D eigenvalue weighted by molar-refractivity contribution is 7.80. The molecule has 0 radical (unpaired) electrons. The fraction of sp³-hybridized carbons (Fsp3) is 0.700. The largest absolute Gasteiger partial charge is 0.392 e. The summed E-state index contributed by atoms with van der Waals surface area (Å²) in [6, 6.07) is 0. The van der Waals surface area contributed by atoms with Crippen molar-refractivity contribution in [2.75, 3.05) is 19.6 Å². The van der Waals surface area contributed by atoms with E-state index < -0.39 is 11.8 Å². The molecule has 0 aromatic rings. The molecule has 0 aromatic carbocycles. The average molecular weight is 243 g/mol. The number of hydrogen-bond acceptors (Lipinski definition) is 3. The van der Waals surface area contributed by atoms with E-state index in [4.69, 9.17) is 5.73 Å². The van der Waals surface area contributed by atoms with Crippen LogP contribution in [0.4, 0.5) is 0 Å². The normalized spacial score (nSPS) is 18.2. The smallest absolute Gasteiger partial charge is 0.311 e. The molecule has 1 rings (SSSR count). The van der Waals surface area contributed by atoms with Crippen molar-refractivity contribution < 1.29 is 9.59 Å². The summed E-state index contributed by atoms with van der Waals surface area (Å²) in [5, 5.41) is 2.39. The maximum absolute atomic E-state index is 11.7. The van der Waals surface area contributed by atoms with E-state index >= 15 is 0 Å². The van der Waals surface area contributed by atoms with Crippen LogP contribution in [0.1, 0.15) is 20.3 Å². The van der Waals surface area contributed by atoms with Crippen molar-refractivity contribution in [2.45, 2.75) is 20.3 Å². The van der Waals surface area contributed by atoms with Crippen LogP contribution in [0.3, 0.4) is 0 Å². The first-order valence-corrected chi connectivity index (χ1v) is 5.58. The lowest BCUT2D eigenvalue weighted by Gasteiger charge is -2.19. The van der Waals surface area contributed by atoms with Crippen molar-refractivity contribution in [1.82, 2.24) is 10.2 Å². The van der Waals surface area contributed by atoms with Crippen molar-refractivity contribution in [2.24, 2.45) is 11.1 Å². The monoisotopic (exact) mass is 243 g/mol. The topological polar surface area (TPSA) is 75.4 Å². The minimum absolute atomic E-state index is 0.0666. The molecule has 1 heterocycles. The standard InChI is InChI=1S/C10H17N3O2S/c1-10(2)3-4-13(6-10)9(15)8(14)12-5-7(11)16/h3-6H2,1-2H3,(H2,11,16)(H,12,14). The molecule has 3 N–H and O–H groups in total. The highest BCUT2D eigenvalue weighted by Crippen LogP contribution is 2.28. The molecule has 0 atom stereocenters. The van der Waals surface area contributed by atoms with Gasteiger partial charge in [-0.1, -0.05) is 26.1 Å². The van der Waals surface area contributed by atoms with E-state index in [0.29, 0.717) is 13.1 Å². The molecule has 1 fully saturated rings. The van der Waals surface area contributed by atoms with Crippen LogP contribution in [0, 0.1) is 5.41 Å². The molecule has 2 amide bonds. The van der Waals surface area contributed by atoms with Crippen molar-refractivity contribution in [3.05, 3.63) is 0 Å². The molecule has 0 bridgehead atoms. The van der Waals surface area contributed by atoms with E-state index in [-0.39, 0.29) is 16.9 Å². The van der Waals surface area contributed by atoms with Crippen molar-refractivity contribution >= 4 is 29.0 Å². The predicted molar refractivity (Wildman–Crippen MR) is 64.8 cm³/mol. The maximum Gasteiger partial charge on any atom is 0.311 e. The molecule has 90 valence electrons. The quantitative estimate of drug-likeness (QED) is 0.513. The SMILES string of the molecule is CC1(C)CCN(C(=O)C(=O)NCC(N)=S)C1. The zero-order valence-corrected chi connectivity index (χ0v) is 10.4. The van der Waals surface area contributed by atoms with Gasteiger partial charge in [-0.15, -0.1) is 0 Å². The summed E-state index contributed by atoms with van der Waals surface area (Å²) in [7, 11) is 0. The molecule has 6 heteroatoms. The number of likely N-dealkylation sites (tertiary alicyclic amines) is 1. The number of hydrogen-bond donors (Lipinski definition) is 2. The molecule has 5 nitrogen and oxygen atoms in total. The Hall–Kier alpha value is -1.17. The summed E-state index contributed by atoms with van der Waals surface area (Å²) >= 11 is 4.61. The van der Waals surface area contributed by atoms with Gasteiger partial charge in [0.05, 0.1) is 11.5 Å². The average Bonchev–Trinajstić information content (AvgIpc) is 2.54. The molecule has 16 heavy (non-hydrogen) atoms. The fourth-order valence-electron chi connectivity index (χ4n) is 1.67. The van der Waals surface area contributed by atoms with Crippen molar-refractivity contribution in [1.29, 1.82) is 0 Å². The lowest BCUT2D eigenvalue weighted by molar-refractivity contribution is -0.145. The van der Waals surface area contributed by atoms with Gasteiger partial charge in [-0.2, -0.15) is 0 Å². The van der Waals surface area contributed by atoms with Gasteiger partial charge in [-0.25, -0.2) is 0 Å². The lowest BCUT2D eigenvalue weighted by atomic mass is 9.93. The number of nitrogens with one attached hydrogen (secondary N) is 1. The predicted octanol–water partition coefficient (Wildman–Crippen LogP) is -0.353. The Balaban J connectivity index is 2.46. The van der Waals surface area contributed by atoms with E-state index in [9.17, 15) is 9.59 Å². The zero-order chi connectivity index (χ0) is 12.3. The Labute approximate surface area is 100 Å². The number of amides is 2. The van der Waals surface area contributed by atoms with Gasteiger partial charge in [-0.3, -0.25) is 9.59 Å². The molecule has 1 aliphatic heterocycles. The molecule has 0 saturated carbocycles. The Morgan fingerprint density at radius 3 is 2.56 bits per heavy atom. The number of nitrogens with zero attached hydrogens (tertiary/aromatic N) is 1. The van der Waals surface area contributed by atoms with Gasteiger partial charge in [0.25, 0.3) is 0 Å². The van der Waals surface area contributed by atoms with E-state index in [1.807, 2.05) is 0 Å². The number of rotatable bonds is 2. The molecular weight excluding hydrogens is 226 g/mol. The van der Waals surface area contributed by atoms with Crippen LogP contribution in [0.25, 0.3) is 0 Å². The minimum Gasteiger partial charge on any atom is -0.392 e. The van der Waals surface area contributed by atoms with Crippen LogP contribution in [0.2, 0.25) is 0 Å². The van der Waals surface area contributed by atoms with Gasteiger partial charge < -0.3 is 16.0 Å². The second-order valence-corrected chi connectivity index (χ2v) is 5.31. The van der Waals surface area contributed by atoms with Gasteiger partial charge >= 0.3 is 11.8 Å². The second kappa shape index (κ2) is 4.78. The second-order valence-electron chi connectivity index (χ2n) is 4.79. The summed E-state index contributed by atoms with van der Waals surface area (Å²) in [4.78, 5) is 24.8. The van der Waals surface area contributed by atoms with Gasteiger partial charge in [0.15, 0.2) is 0 Å². The van der Waals surface area contributed by atoms with Crippen molar-refractivity contribution in [3.63, 3.8) is 0 Å². The third kappa shape index (κ3) is 3.44. The Kier molecular flexibility index (Phi) is 3.85. The van der Waals surface area contributed by atoms with Crippen LogP contribution in [0.15, 0.2) is 0 Å². The van der Waals surface area contributed by atoms with Crippen LogP contribution in [-0.4, -0.2) is 41.3 Å². The maximum atomic E-state index is 11.7. The van der Waals surface area contributed by atoms with Gasteiger partial charge in [0.2, 0.25) is 0 Å². The van der Waals surface area contributed by atoms with Crippen LogP contribution in [-0.2, 0) is 9.59 Å². The molecule has 1 aliphatic rings. The molecule has 0 spiro atoms. The molecule has 0 aliphatic carbocycles. The first-order valence-electron chi connectivity index (χ1n) is 5.17. The van der Waals surface area contributed by atoms with Gasteiger partial charge in [0.1, 0.15) is 0 Å². The highest BCUT2D eigenvalue weighted by Gasteiger charge is 2.34. The van der Waals surface area contributed by atoms with Crippen LogP contribution in [0.5, 0.6) is 0 Å². The van der Waals surface area contributed by atoms with Crippen molar-refractivity contribution in [3.8, 4) is 0 Å². The summed E-state index contributed by atoms with van der Waals surface area (Å²) in [6.07, 6.45) is 0.918. The molecule has 0 unspecified atom stereocenters. The van der Waals surface area contributed by atoms with E-state index in [2.05, 4.69) is 31.4 Å². The fourth-order valence-corrected chi connectivity index (χ4v) is 1.74. The summed E-state index contributed by atoms with van der Waals surface area (Å²) in [6.45, 7) is 5.47. The number of thiocarbonyl (C=S) groups is 1. The van der Waals surface area contributed by atoms with Crippen LogP contribution >= 0.6 is 12.2 Å². The Morgan fingerprint density at radius 1 is 1.50 bits per heavy atom. The number of carbonyl (C=O) groups excluding carboxylic acids is 2. The number of nitrogens with two attached hydrogens (primary N) is 1. The third-order valence-corrected chi connectivity index (χ3v) is 2.73. The molecule has 1 saturated heterocycles. The van der Waals surface area contributed by atoms with E-state index in [1.165, 1.54) is 0 Å². The number of carbonyl (C=O) groups is 2. The zero-order valence-electron chi connectivity index (χ0n) is 9.58. The summed E-state index contributed by atoms with van der Waals surface area (Å²) in [5.74, 6) is -1.13.